The van der Waals surface area contributed by atoms with Gasteiger partial charge in [0.1, 0.15) is 0 Å². The summed E-state index contributed by atoms with van der Waals surface area (Å²) in [6, 6.07) is 7.99. The molecular formula is C16H23NO2. The molecule has 0 saturated heterocycles. The van der Waals surface area contributed by atoms with E-state index in [1.807, 2.05) is 24.3 Å². The highest BCUT2D eigenvalue weighted by atomic mass is 16.5. The van der Waals surface area contributed by atoms with Gasteiger partial charge in [0.05, 0.1) is 12.5 Å². The Hall–Kier alpha value is -1.51. The summed E-state index contributed by atoms with van der Waals surface area (Å²) < 4.78 is 5.45. The average Bonchev–Trinajstić information content (AvgIpc) is 2.36. The Morgan fingerprint density at radius 2 is 2.11 bits per heavy atom. The van der Waals surface area contributed by atoms with Gasteiger partial charge in [-0.3, -0.25) is 4.79 Å². The van der Waals surface area contributed by atoms with Crippen LogP contribution in [0.3, 0.4) is 0 Å². The molecule has 3 heteroatoms. The number of fused-ring (bicyclic) bond motifs is 1. The Kier molecular flexibility index (Phi) is 4.13. The first kappa shape index (κ1) is 13.9. The van der Waals surface area contributed by atoms with Crippen molar-refractivity contribution in [1.82, 2.24) is 0 Å². The average molecular weight is 261 g/mol. The van der Waals surface area contributed by atoms with Crippen LogP contribution in [-0.4, -0.2) is 19.1 Å². The first-order chi connectivity index (χ1) is 8.97. The van der Waals surface area contributed by atoms with Crippen molar-refractivity contribution in [1.29, 1.82) is 0 Å². The number of rotatable bonds is 3. The van der Waals surface area contributed by atoms with Crippen LogP contribution in [0.1, 0.15) is 45.1 Å². The summed E-state index contributed by atoms with van der Waals surface area (Å²) in [7, 11) is 0. The Morgan fingerprint density at radius 1 is 1.37 bits per heavy atom. The van der Waals surface area contributed by atoms with Gasteiger partial charge < -0.3 is 10.1 Å². The highest BCUT2D eigenvalue weighted by molar-refractivity contribution is 5.81. The lowest BCUT2D eigenvalue weighted by molar-refractivity contribution is -0.146. The van der Waals surface area contributed by atoms with E-state index in [-0.39, 0.29) is 17.3 Å². The topological polar surface area (TPSA) is 38.3 Å². The maximum Gasteiger partial charge on any atom is 0.313 e. The number of ether oxygens (including phenoxy) is 1. The molecule has 0 aliphatic carbocycles. The first-order valence-electron chi connectivity index (χ1n) is 6.97. The van der Waals surface area contributed by atoms with Crippen LogP contribution in [-0.2, 0) is 9.53 Å². The molecule has 19 heavy (non-hydrogen) atoms. The number of anilines is 1. The van der Waals surface area contributed by atoms with E-state index in [2.05, 4.69) is 26.1 Å². The number of carbonyl (C=O) groups is 1. The molecule has 0 aromatic heterocycles. The van der Waals surface area contributed by atoms with E-state index in [0.717, 1.165) is 30.6 Å². The Morgan fingerprint density at radius 3 is 2.84 bits per heavy atom. The molecule has 1 aromatic rings. The zero-order valence-electron chi connectivity index (χ0n) is 12.0. The zero-order chi connectivity index (χ0) is 13.9. The molecule has 0 fully saturated rings. The SMILES string of the molecule is CC(C)(C)CCOC(=O)C1CCNc2ccccc21. The fraction of sp³-hybridized carbons (Fsp3) is 0.562. The smallest absolute Gasteiger partial charge is 0.313 e. The van der Waals surface area contributed by atoms with Gasteiger partial charge in [0, 0.05) is 12.2 Å². The van der Waals surface area contributed by atoms with Crippen molar-refractivity contribution in [2.24, 2.45) is 5.41 Å². The minimum Gasteiger partial charge on any atom is -0.465 e. The van der Waals surface area contributed by atoms with Crippen molar-refractivity contribution in [3.05, 3.63) is 29.8 Å². The molecule has 2 rings (SSSR count). The van der Waals surface area contributed by atoms with E-state index < -0.39 is 0 Å². The fourth-order valence-electron chi connectivity index (χ4n) is 2.27. The van der Waals surface area contributed by atoms with Crippen LogP contribution in [0.25, 0.3) is 0 Å². The number of carbonyl (C=O) groups excluding carboxylic acids is 1. The molecule has 1 heterocycles. The van der Waals surface area contributed by atoms with E-state index >= 15 is 0 Å². The molecule has 0 saturated carbocycles. The predicted octanol–water partition coefficient (Wildman–Crippen LogP) is 3.57. The quantitative estimate of drug-likeness (QED) is 0.845. The van der Waals surface area contributed by atoms with Crippen LogP contribution in [0.2, 0.25) is 0 Å². The fourth-order valence-corrected chi connectivity index (χ4v) is 2.27. The van der Waals surface area contributed by atoms with Crippen LogP contribution in [0.15, 0.2) is 24.3 Å². The molecule has 1 aliphatic rings. The molecule has 0 bridgehead atoms. The minimum atomic E-state index is -0.114. The van der Waals surface area contributed by atoms with Crippen molar-refractivity contribution in [3.8, 4) is 0 Å². The van der Waals surface area contributed by atoms with Crippen LogP contribution >= 0.6 is 0 Å². The van der Waals surface area contributed by atoms with Gasteiger partial charge in [0.2, 0.25) is 0 Å². The number of hydrogen-bond acceptors (Lipinski definition) is 3. The number of nitrogens with one attached hydrogen (secondary N) is 1. The van der Waals surface area contributed by atoms with Crippen LogP contribution < -0.4 is 5.32 Å². The Labute approximate surface area is 115 Å². The second-order valence-corrected chi connectivity index (χ2v) is 6.33. The largest absolute Gasteiger partial charge is 0.465 e. The maximum absolute atomic E-state index is 12.2. The summed E-state index contributed by atoms with van der Waals surface area (Å²) in [4.78, 5) is 12.2. The molecule has 0 amide bonds. The molecule has 1 atom stereocenters. The lowest BCUT2D eigenvalue weighted by atomic mass is 9.91. The first-order valence-corrected chi connectivity index (χ1v) is 6.97. The Balaban J connectivity index is 1.97. The van der Waals surface area contributed by atoms with E-state index in [1.54, 1.807) is 0 Å². The highest BCUT2D eigenvalue weighted by Gasteiger charge is 2.27. The van der Waals surface area contributed by atoms with Gasteiger partial charge >= 0.3 is 5.97 Å². The molecule has 1 unspecified atom stereocenters. The third-order valence-corrected chi connectivity index (χ3v) is 3.47. The van der Waals surface area contributed by atoms with Crippen LogP contribution in [0, 0.1) is 5.41 Å². The molecule has 1 aromatic carbocycles. The highest BCUT2D eigenvalue weighted by Crippen LogP contribution is 2.32. The normalized spacial score (nSPS) is 18.4. The van der Waals surface area contributed by atoms with Crippen molar-refractivity contribution >= 4 is 11.7 Å². The van der Waals surface area contributed by atoms with Gasteiger partial charge in [-0.2, -0.15) is 0 Å². The summed E-state index contributed by atoms with van der Waals surface area (Å²) in [5.74, 6) is -0.199. The predicted molar refractivity (Wildman–Crippen MR) is 77.3 cm³/mol. The van der Waals surface area contributed by atoms with Gasteiger partial charge in [-0.1, -0.05) is 39.0 Å². The monoisotopic (exact) mass is 261 g/mol. The lowest BCUT2D eigenvalue weighted by Gasteiger charge is -2.26. The molecule has 1 N–H and O–H groups in total. The molecule has 3 nitrogen and oxygen atoms in total. The van der Waals surface area contributed by atoms with E-state index in [0.29, 0.717) is 6.61 Å². The third-order valence-electron chi connectivity index (χ3n) is 3.47. The van der Waals surface area contributed by atoms with Crippen molar-refractivity contribution < 1.29 is 9.53 Å². The molecule has 0 spiro atoms. The van der Waals surface area contributed by atoms with E-state index in [4.69, 9.17) is 4.74 Å². The number of benzene rings is 1. The van der Waals surface area contributed by atoms with Gasteiger partial charge in [0.25, 0.3) is 0 Å². The number of para-hydroxylation sites is 1. The standard InChI is InChI=1S/C16H23NO2/c1-16(2,3)9-11-19-15(18)13-8-10-17-14-7-5-4-6-12(13)14/h4-7,13,17H,8-11H2,1-3H3. The summed E-state index contributed by atoms with van der Waals surface area (Å²) >= 11 is 0. The third kappa shape index (κ3) is 3.72. The minimum absolute atomic E-state index is 0.0850. The summed E-state index contributed by atoms with van der Waals surface area (Å²) in [5.41, 5.74) is 2.33. The maximum atomic E-state index is 12.2. The molecular weight excluding hydrogens is 238 g/mol. The second kappa shape index (κ2) is 5.64. The molecule has 0 radical (unpaired) electrons. The van der Waals surface area contributed by atoms with Crippen molar-refractivity contribution in [2.75, 3.05) is 18.5 Å². The van der Waals surface area contributed by atoms with Crippen LogP contribution in [0.4, 0.5) is 5.69 Å². The Bertz CT molecular complexity index is 448. The van der Waals surface area contributed by atoms with Crippen molar-refractivity contribution in [2.45, 2.75) is 39.5 Å². The lowest BCUT2D eigenvalue weighted by Crippen LogP contribution is -2.25. The van der Waals surface area contributed by atoms with Gasteiger partial charge in [-0.25, -0.2) is 0 Å². The van der Waals surface area contributed by atoms with Gasteiger partial charge in [0.15, 0.2) is 0 Å². The van der Waals surface area contributed by atoms with E-state index in [1.165, 1.54) is 0 Å². The second-order valence-electron chi connectivity index (χ2n) is 6.33. The molecule has 104 valence electrons. The number of hydrogen-bond donors (Lipinski definition) is 1. The van der Waals surface area contributed by atoms with Crippen molar-refractivity contribution in [3.63, 3.8) is 0 Å². The zero-order valence-corrected chi connectivity index (χ0v) is 12.0. The van der Waals surface area contributed by atoms with Gasteiger partial charge in [-0.15, -0.1) is 0 Å². The molecule has 1 aliphatic heterocycles. The van der Waals surface area contributed by atoms with Crippen LogP contribution in [0.5, 0.6) is 0 Å². The van der Waals surface area contributed by atoms with Gasteiger partial charge in [-0.05, 0) is 29.9 Å². The summed E-state index contributed by atoms with van der Waals surface area (Å²) in [5, 5.41) is 3.32. The van der Waals surface area contributed by atoms with E-state index in [9.17, 15) is 4.79 Å². The summed E-state index contributed by atoms with van der Waals surface area (Å²) in [6.07, 6.45) is 1.71. The number of esters is 1. The summed E-state index contributed by atoms with van der Waals surface area (Å²) in [6.45, 7) is 7.80.